The van der Waals surface area contributed by atoms with Crippen LogP contribution in [-0.2, 0) is 4.79 Å². The lowest BCUT2D eigenvalue weighted by Crippen LogP contribution is -2.25. The van der Waals surface area contributed by atoms with Gasteiger partial charge in [-0.3, -0.25) is 4.79 Å². The number of unbranched alkanes of at least 4 members (excludes halogenated alkanes) is 5. The van der Waals surface area contributed by atoms with Crippen LogP contribution in [0.25, 0.3) is 17.0 Å². The molecule has 0 spiro atoms. The third-order valence-corrected chi connectivity index (χ3v) is 4.10. The van der Waals surface area contributed by atoms with Crippen LogP contribution >= 0.6 is 0 Å². The summed E-state index contributed by atoms with van der Waals surface area (Å²) in [5.74, 6) is -0.295. The molecule has 0 aliphatic heterocycles. The molecule has 0 aliphatic carbocycles. The Morgan fingerprint density at radius 1 is 1.21 bits per heavy atom. The number of aromatic nitrogens is 1. The number of H-pyrrole nitrogens is 1. The zero-order valence-electron chi connectivity index (χ0n) is 14.3. The zero-order chi connectivity index (χ0) is 17.2. The number of nitrogens with zero attached hydrogens (tertiary/aromatic N) is 1. The Morgan fingerprint density at radius 2 is 1.96 bits per heavy atom. The maximum Gasteiger partial charge on any atom is 0.261 e. The first-order valence-corrected chi connectivity index (χ1v) is 8.72. The van der Waals surface area contributed by atoms with E-state index in [1.807, 2.05) is 36.5 Å². The minimum Gasteiger partial charge on any atom is -0.361 e. The molecule has 126 valence electrons. The number of fused-ring (bicyclic) bond motifs is 1. The van der Waals surface area contributed by atoms with Crippen LogP contribution in [0.2, 0.25) is 0 Å². The molecule has 2 N–H and O–H groups in total. The Hall–Kier alpha value is -2.54. The molecule has 24 heavy (non-hydrogen) atoms. The maximum atomic E-state index is 12.2. The summed E-state index contributed by atoms with van der Waals surface area (Å²) in [7, 11) is 0. The molecule has 1 heterocycles. The van der Waals surface area contributed by atoms with Gasteiger partial charge in [0.15, 0.2) is 0 Å². The summed E-state index contributed by atoms with van der Waals surface area (Å²) < 4.78 is 0. The lowest BCUT2D eigenvalue weighted by Gasteiger charge is -2.04. The van der Waals surface area contributed by atoms with Crippen LogP contribution < -0.4 is 5.32 Å². The van der Waals surface area contributed by atoms with Gasteiger partial charge in [-0.25, -0.2) is 0 Å². The van der Waals surface area contributed by atoms with Crippen LogP contribution in [0.15, 0.2) is 36.0 Å². The van der Waals surface area contributed by atoms with E-state index in [2.05, 4.69) is 17.2 Å². The van der Waals surface area contributed by atoms with Crippen molar-refractivity contribution in [2.45, 2.75) is 45.4 Å². The van der Waals surface area contributed by atoms with E-state index >= 15 is 0 Å². The van der Waals surface area contributed by atoms with Gasteiger partial charge in [-0.05, 0) is 18.6 Å². The van der Waals surface area contributed by atoms with Crippen molar-refractivity contribution in [2.75, 3.05) is 6.54 Å². The van der Waals surface area contributed by atoms with Crippen molar-refractivity contribution in [3.8, 4) is 6.07 Å². The molecule has 0 atom stereocenters. The van der Waals surface area contributed by atoms with E-state index in [4.69, 9.17) is 0 Å². The van der Waals surface area contributed by atoms with E-state index in [0.717, 1.165) is 29.3 Å². The predicted molar refractivity (Wildman–Crippen MR) is 98.3 cm³/mol. The number of carbonyl (C=O) groups is 1. The SMILES string of the molecule is CCCCCCCCNC(=O)C(C#N)=Cc1c[nH]c2ccccc12. The summed E-state index contributed by atoms with van der Waals surface area (Å²) in [5, 5.41) is 13.1. The highest BCUT2D eigenvalue weighted by Gasteiger charge is 2.10. The van der Waals surface area contributed by atoms with E-state index in [9.17, 15) is 10.1 Å². The van der Waals surface area contributed by atoms with Gasteiger partial charge in [-0.1, -0.05) is 57.2 Å². The Balaban J connectivity index is 1.89. The number of nitriles is 1. The average molecular weight is 323 g/mol. The Kier molecular flexibility index (Phi) is 7.10. The van der Waals surface area contributed by atoms with Crippen LogP contribution in [0.4, 0.5) is 0 Å². The van der Waals surface area contributed by atoms with Crippen molar-refractivity contribution < 1.29 is 4.79 Å². The van der Waals surface area contributed by atoms with E-state index in [1.54, 1.807) is 6.08 Å². The molecule has 0 aliphatic rings. The number of hydrogen-bond donors (Lipinski definition) is 2. The second-order valence-electron chi connectivity index (χ2n) is 5.98. The maximum absolute atomic E-state index is 12.2. The number of carbonyl (C=O) groups excluding carboxylic acids is 1. The zero-order valence-corrected chi connectivity index (χ0v) is 14.3. The number of para-hydroxylation sites is 1. The molecule has 2 aromatic rings. The lowest BCUT2D eigenvalue weighted by atomic mass is 10.1. The van der Waals surface area contributed by atoms with E-state index in [0.29, 0.717) is 6.54 Å². The monoisotopic (exact) mass is 323 g/mol. The smallest absolute Gasteiger partial charge is 0.261 e. The van der Waals surface area contributed by atoms with Crippen LogP contribution in [0.1, 0.15) is 51.0 Å². The van der Waals surface area contributed by atoms with Crippen molar-refractivity contribution in [3.63, 3.8) is 0 Å². The second kappa shape index (κ2) is 9.57. The van der Waals surface area contributed by atoms with Gasteiger partial charge in [0.1, 0.15) is 11.6 Å². The highest BCUT2D eigenvalue weighted by molar-refractivity contribution is 6.03. The first kappa shape index (κ1) is 17.8. The number of amides is 1. The predicted octanol–water partition coefficient (Wildman–Crippen LogP) is 4.55. The standard InChI is InChI=1S/C20H25N3O/c1-2-3-4-5-6-9-12-22-20(24)16(14-21)13-17-15-23-19-11-8-7-10-18(17)19/h7-8,10-11,13,15,23H,2-6,9,12H2,1H3,(H,22,24). The fourth-order valence-corrected chi connectivity index (χ4v) is 2.72. The van der Waals surface area contributed by atoms with Gasteiger partial charge in [0.2, 0.25) is 0 Å². The fraction of sp³-hybridized carbons (Fsp3) is 0.400. The van der Waals surface area contributed by atoms with Gasteiger partial charge < -0.3 is 10.3 Å². The summed E-state index contributed by atoms with van der Waals surface area (Å²) in [6.07, 6.45) is 10.5. The topological polar surface area (TPSA) is 68.7 Å². The van der Waals surface area contributed by atoms with Gasteiger partial charge >= 0.3 is 0 Å². The number of benzene rings is 1. The van der Waals surface area contributed by atoms with Gasteiger partial charge in [0.05, 0.1) is 0 Å². The van der Waals surface area contributed by atoms with E-state index in [1.165, 1.54) is 25.7 Å². The molecular weight excluding hydrogens is 298 g/mol. The second-order valence-corrected chi connectivity index (χ2v) is 5.98. The van der Waals surface area contributed by atoms with Crippen LogP contribution in [0.5, 0.6) is 0 Å². The molecule has 1 aromatic carbocycles. The number of nitrogens with one attached hydrogen (secondary N) is 2. The quantitative estimate of drug-likeness (QED) is 0.404. The van der Waals surface area contributed by atoms with Crippen molar-refractivity contribution in [3.05, 3.63) is 41.6 Å². The molecule has 0 unspecified atom stereocenters. The molecular formula is C20H25N3O. The number of hydrogen-bond acceptors (Lipinski definition) is 2. The minimum atomic E-state index is -0.295. The van der Waals surface area contributed by atoms with Crippen LogP contribution in [-0.4, -0.2) is 17.4 Å². The molecule has 0 fully saturated rings. The van der Waals surface area contributed by atoms with Gasteiger partial charge in [-0.2, -0.15) is 5.26 Å². The molecule has 1 amide bonds. The molecule has 0 saturated carbocycles. The molecule has 0 bridgehead atoms. The summed E-state index contributed by atoms with van der Waals surface area (Å²) in [4.78, 5) is 15.3. The Morgan fingerprint density at radius 3 is 2.75 bits per heavy atom. The fourth-order valence-electron chi connectivity index (χ4n) is 2.72. The van der Waals surface area contributed by atoms with E-state index in [-0.39, 0.29) is 11.5 Å². The summed E-state index contributed by atoms with van der Waals surface area (Å²) in [5.41, 5.74) is 2.00. The number of rotatable bonds is 9. The summed E-state index contributed by atoms with van der Waals surface area (Å²) >= 11 is 0. The van der Waals surface area contributed by atoms with Crippen molar-refractivity contribution in [1.82, 2.24) is 10.3 Å². The molecule has 4 heteroatoms. The number of aromatic amines is 1. The Bertz CT molecular complexity index is 737. The van der Waals surface area contributed by atoms with Gasteiger partial charge in [-0.15, -0.1) is 0 Å². The Labute approximate surface area is 143 Å². The highest BCUT2D eigenvalue weighted by atomic mass is 16.1. The van der Waals surface area contributed by atoms with Crippen molar-refractivity contribution in [2.24, 2.45) is 0 Å². The van der Waals surface area contributed by atoms with Crippen molar-refractivity contribution >= 4 is 22.9 Å². The van der Waals surface area contributed by atoms with Crippen LogP contribution in [0.3, 0.4) is 0 Å². The largest absolute Gasteiger partial charge is 0.361 e. The minimum absolute atomic E-state index is 0.144. The molecule has 1 aromatic heterocycles. The normalized spacial score (nSPS) is 11.4. The average Bonchev–Trinajstić information content (AvgIpc) is 3.01. The van der Waals surface area contributed by atoms with Gasteiger partial charge in [0, 0.05) is 29.2 Å². The van der Waals surface area contributed by atoms with Crippen molar-refractivity contribution in [1.29, 1.82) is 5.26 Å². The third kappa shape index (κ3) is 4.99. The summed E-state index contributed by atoms with van der Waals surface area (Å²) in [6.45, 7) is 2.82. The lowest BCUT2D eigenvalue weighted by molar-refractivity contribution is -0.117. The van der Waals surface area contributed by atoms with E-state index < -0.39 is 0 Å². The molecule has 0 radical (unpaired) electrons. The third-order valence-electron chi connectivity index (χ3n) is 4.10. The molecule has 2 rings (SSSR count). The highest BCUT2D eigenvalue weighted by Crippen LogP contribution is 2.20. The summed E-state index contributed by atoms with van der Waals surface area (Å²) in [6, 6.07) is 9.84. The first-order chi connectivity index (χ1) is 11.8. The van der Waals surface area contributed by atoms with Crippen LogP contribution in [0, 0.1) is 11.3 Å². The molecule has 0 saturated heterocycles. The van der Waals surface area contributed by atoms with Gasteiger partial charge in [0.25, 0.3) is 5.91 Å². The first-order valence-electron chi connectivity index (χ1n) is 8.72. The molecule has 4 nitrogen and oxygen atoms in total.